The molecule has 1 fully saturated rings. The van der Waals surface area contributed by atoms with Gasteiger partial charge in [-0.3, -0.25) is 5.10 Å². The molecule has 2 aromatic heterocycles. The molecule has 0 bridgehead atoms. The Morgan fingerprint density at radius 1 is 1.38 bits per heavy atom. The number of aryl methyl sites for hydroxylation is 1. The first-order chi connectivity index (χ1) is 10.2. The number of hydrogen-bond acceptors (Lipinski definition) is 4. The number of anilines is 1. The molecule has 0 radical (unpaired) electrons. The van der Waals surface area contributed by atoms with Gasteiger partial charge < -0.3 is 10.1 Å². The number of fused-ring (bicyclic) bond motifs is 1. The maximum Gasteiger partial charge on any atom is 0.137 e. The summed E-state index contributed by atoms with van der Waals surface area (Å²) < 4.78 is 0. The van der Waals surface area contributed by atoms with E-state index in [0.29, 0.717) is 18.9 Å². The van der Waals surface area contributed by atoms with Gasteiger partial charge in [0.1, 0.15) is 11.6 Å². The van der Waals surface area contributed by atoms with Crippen LogP contribution in [0.25, 0.3) is 10.9 Å². The Bertz CT molecular complexity index is 628. The SMILES string of the molecule is CC(=O)CCc1n[nH]c2ccnc(NC3CCCCC3)c12. The first-order valence-electron chi connectivity index (χ1n) is 7.82. The zero-order valence-electron chi connectivity index (χ0n) is 12.5. The highest BCUT2D eigenvalue weighted by molar-refractivity contribution is 5.91. The number of nitrogens with one attached hydrogen (secondary N) is 2. The lowest BCUT2D eigenvalue weighted by Crippen LogP contribution is -2.23. The lowest BCUT2D eigenvalue weighted by molar-refractivity contribution is -0.116. The number of H-pyrrole nitrogens is 1. The van der Waals surface area contributed by atoms with Crippen molar-refractivity contribution in [3.8, 4) is 0 Å². The van der Waals surface area contributed by atoms with Crippen molar-refractivity contribution in [1.82, 2.24) is 15.2 Å². The minimum Gasteiger partial charge on any atom is -0.367 e. The van der Waals surface area contributed by atoms with E-state index in [1.165, 1.54) is 32.1 Å². The molecule has 0 unspecified atom stereocenters. The average molecular weight is 286 g/mol. The molecular weight excluding hydrogens is 264 g/mol. The van der Waals surface area contributed by atoms with Gasteiger partial charge in [0, 0.05) is 18.7 Å². The summed E-state index contributed by atoms with van der Waals surface area (Å²) in [6.07, 6.45) is 9.33. The number of hydrogen-bond donors (Lipinski definition) is 2. The molecule has 5 nitrogen and oxygen atoms in total. The van der Waals surface area contributed by atoms with Gasteiger partial charge in [0.2, 0.25) is 0 Å². The maximum absolute atomic E-state index is 11.2. The normalized spacial score (nSPS) is 16.2. The molecule has 3 rings (SSSR count). The number of ketones is 1. The Kier molecular flexibility index (Phi) is 4.18. The molecule has 2 heterocycles. The van der Waals surface area contributed by atoms with E-state index in [0.717, 1.165) is 22.4 Å². The van der Waals surface area contributed by atoms with Crippen molar-refractivity contribution in [2.24, 2.45) is 0 Å². The van der Waals surface area contributed by atoms with Gasteiger partial charge in [-0.15, -0.1) is 0 Å². The van der Waals surface area contributed by atoms with Gasteiger partial charge in [-0.25, -0.2) is 4.98 Å². The molecule has 1 aliphatic carbocycles. The van der Waals surface area contributed by atoms with Crippen molar-refractivity contribution in [2.45, 2.75) is 57.9 Å². The highest BCUT2D eigenvalue weighted by Gasteiger charge is 2.17. The molecule has 1 saturated carbocycles. The molecule has 5 heteroatoms. The Hall–Kier alpha value is -1.91. The molecule has 21 heavy (non-hydrogen) atoms. The molecule has 0 saturated heterocycles. The van der Waals surface area contributed by atoms with Crippen LogP contribution in [0.4, 0.5) is 5.82 Å². The zero-order valence-corrected chi connectivity index (χ0v) is 12.5. The molecule has 0 aromatic carbocycles. The summed E-state index contributed by atoms with van der Waals surface area (Å²) >= 11 is 0. The van der Waals surface area contributed by atoms with E-state index in [1.807, 2.05) is 6.07 Å². The smallest absolute Gasteiger partial charge is 0.137 e. The third kappa shape index (κ3) is 3.23. The largest absolute Gasteiger partial charge is 0.367 e. The van der Waals surface area contributed by atoms with Crippen molar-refractivity contribution < 1.29 is 4.79 Å². The van der Waals surface area contributed by atoms with E-state index in [4.69, 9.17) is 0 Å². The minimum absolute atomic E-state index is 0.192. The fourth-order valence-electron chi connectivity index (χ4n) is 3.06. The summed E-state index contributed by atoms with van der Waals surface area (Å²) in [5, 5.41) is 12.0. The first kappa shape index (κ1) is 14.0. The van der Waals surface area contributed by atoms with Gasteiger partial charge >= 0.3 is 0 Å². The monoisotopic (exact) mass is 286 g/mol. The van der Waals surface area contributed by atoms with Crippen LogP contribution in [-0.4, -0.2) is 27.0 Å². The number of pyridine rings is 1. The Labute approximate surface area is 124 Å². The molecule has 0 spiro atoms. The Morgan fingerprint density at radius 2 is 2.19 bits per heavy atom. The van der Waals surface area contributed by atoms with Gasteiger partial charge in [0.15, 0.2) is 0 Å². The predicted octanol–water partition coefficient (Wildman–Crippen LogP) is 3.22. The fourth-order valence-corrected chi connectivity index (χ4v) is 3.06. The van der Waals surface area contributed by atoms with Gasteiger partial charge in [-0.2, -0.15) is 5.10 Å². The van der Waals surface area contributed by atoms with E-state index in [-0.39, 0.29) is 5.78 Å². The van der Waals surface area contributed by atoms with Crippen LogP contribution in [0.2, 0.25) is 0 Å². The number of carbonyl (C=O) groups is 1. The number of rotatable bonds is 5. The van der Waals surface area contributed by atoms with E-state index in [9.17, 15) is 4.79 Å². The number of nitrogens with zero attached hydrogens (tertiary/aromatic N) is 2. The van der Waals surface area contributed by atoms with Crippen LogP contribution in [0.3, 0.4) is 0 Å². The third-order valence-corrected chi connectivity index (χ3v) is 4.21. The van der Waals surface area contributed by atoms with Gasteiger partial charge in [-0.05, 0) is 32.3 Å². The molecule has 0 aliphatic heterocycles. The lowest BCUT2D eigenvalue weighted by Gasteiger charge is -2.23. The quantitative estimate of drug-likeness (QED) is 0.885. The van der Waals surface area contributed by atoms with E-state index < -0.39 is 0 Å². The number of carbonyl (C=O) groups excluding carboxylic acids is 1. The van der Waals surface area contributed by atoms with Crippen molar-refractivity contribution in [2.75, 3.05) is 5.32 Å². The third-order valence-electron chi connectivity index (χ3n) is 4.21. The molecule has 2 aromatic rings. The van der Waals surface area contributed by atoms with Crippen molar-refractivity contribution in [1.29, 1.82) is 0 Å². The summed E-state index contributed by atoms with van der Waals surface area (Å²) in [5.74, 6) is 1.10. The highest BCUT2D eigenvalue weighted by Crippen LogP contribution is 2.27. The van der Waals surface area contributed by atoms with Crippen LogP contribution in [0.1, 0.15) is 51.1 Å². The number of aromatic amines is 1. The first-order valence-corrected chi connectivity index (χ1v) is 7.82. The second-order valence-electron chi connectivity index (χ2n) is 5.93. The molecular formula is C16H22N4O. The summed E-state index contributed by atoms with van der Waals surface area (Å²) in [6, 6.07) is 2.44. The molecule has 0 atom stereocenters. The zero-order chi connectivity index (χ0) is 14.7. The Morgan fingerprint density at radius 3 is 2.95 bits per heavy atom. The molecule has 2 N–H and O–H groups in total. The predicted molar refractivity (Wildman–Crippen MR) is 83.4 cm³/mol. The van der Waals surface area contributed by atoms with E-state index in [1.54, 1.807) is 13.1 Å². The summed E-state index contributed by atoms with van der Waals surface area (Å²) in [7, 11) is 0. The highest BCUT2D eigenvalue weighted by atomic mass is 16.1. The average Bonchev–Trinajstić information content (AvgIpc) is 2.90. The minimum atomic E-state index is 0.192. The summed E-state index contributed by atoms with van der Waals surface area (Å²) in [5.41, 5.74) is 1.92. The van der Waals surface area contributed by atoms with Gasteiger partial charge in [-0.1, -0.05) is 19.3 Å². The number of Topliss-reactive ketones (excluding diaryl/α,β-unsaturated/α-hetero) is 1. The fraction of sp³-hybridized carbons (Fsp3) is 0.562. The summed E-state index contributed by atoms with van der Waals surface area (Å²) in [4.78, 5) is 15.7. The molecule has 0 amide bonds. The standard InChI is InChI=1S/C16H22N4O/c1-11(21)7-8-13-15-14(20-19-13)9-10-17-16(15)18-12-5-3-2-4-6-12/h9-10,12H,2-8H2,1H3,(H,17,18)(H,19,20). The number of aromatic nitrogens is 3. The second-order valence-corrected chi connectivity index (χ2v) is 5.93. The van der Waals surface area contributed by atoms with Crippen LogP contribution in [0.5, 0.6) is 0 Å². The van der Waals surface area contributed by atoms with Crippen LogP contribution in [-0.2, 0) is 11.2 Å². The van der Waals surface area contributed by atoms with Crippen LogP contribution in [0, 0.1) is 0 Å². The van der Waals surface area contributed by atoms with E-state index >= 15 is 0 Å². The van der Waals surface area contributed by atoms with Crippen molar-refractivity contribution in [3.63, 3.8) is 0 Å². The second kappa shape index (κ2) is 6.24. The van der Waals surface area contributed by atoms with Crippen LogP contribution >= 0.6 is 0 Å². The maximum atomic E-state index is 11.2. The van der Waals surface area contributed by atoms with Crippen LogP contribution in [0.15, 0.2) is 12.3 Å². The summed E-state index contributed by atoms with van der Waals surface area (Å²) in [6.45, 7) is 1.62. The topological polar surface area (TPSA) is 70.7 Å². The van der Waals surface area contributed by atoms with Crippen molar-refractivity contribution in [3.05, 3.63) is 18.0 Å². The Balaban J connectivity index is 1.86. The van der Waals surface area contributed by atoms with Crippen LogP contribution < -0.4 is 5.32 Å². The molecule has 1 aliphatic rings. The van der Waals surface area contributed by atoms with Gasteiger partial charge in [0.05, 0.1) is 16.6 Å². The van der Waals surface area contributed by atoms with Gasteiger partial charge in [0.25, 0.3) is 0 Å². The lowest BCUT2D eigenvalue weighted by atomic mass is 9.95. The van der Waals surface area contributed by atoms with Crippen molar-refractivity contribution >= 4 is 22.5 Å². The van der Waals surface area contributed by atoms with E-state index in [2.05, 4.69) is 20.5 Å². The molecule has 112 valence electrons.